The van der Waals surface area contributed by atoms with Gasteiger partial charge in [-0.25, -0.2) is 5.06 Å². The zero-order valence-electron chi connectivity index (χ0n) is 16.5. The second-order valence-electron chi connectivity index (χ2n) is 3.52. The first-order valence-corrected chi connectivity index (χ1v) is 5.80. The van der Waals surface area contributed by atoms with Crippen LogP contribution >= 0.6 is 0 Å². The quantitative estimate of drug-likeness (QED) is 0.686. The van der Waals surface area contributed by atoms with Crippen LogP contribution in [-0.4, -0.2) is 42.1 Å². The molecule has 0 unspecified atom stereocenters. The summed E-state index contributed by atoms with van der Waals surface area (Å²) in [5.74, 6) is -0.161. The lowest BCUT2D eigenvalue weighted by molar-refractivity contribution is 0.180. The maximum absolute atomic E-state index is 7.47. The van der Waals surface area contributed by atoms with Crippen molar-refractivity contribution in [1.82, 2.24) is 15.0 Å². The zero-order valence-corrected chi connectivity index (χ0v) is 10.5. The van der Waals surface area contributed by atoms with Gasteiger partial charge < -0.3 is 10.6 Å². The van der Waals surface area contributed by atoms with Gasteiger partial charge in [-0.3, -0.25) is 4.84 Å². The summed E-state index contributed by atoms with van der Waals surface area (Å²) in [6, 6.07) is 0. The van der Waals surface area contributed by atoms with Gasteiger partial charge >= 0.3 is 0 Å². The molecule has 0 radical (unpaired) electrons. The van der Waals surface area contributed by atoms with Gasteiger partial charge in [0.25, 0.3) is 5.95 Å². The van der Waals surface area contributed by atoms with Gasteiger partial charge in [0.2, 0.25) is 11.9 Å². The van der Waals surface area contributed by atoms with Crippen molar-refractivity contribution < 1.29 is 13.1 Å². The minimum atomic E-state index is -2.96. The van der Waals surface area contributed by atoms with E-state index in [2.05, 4.69) is 30.4 Å². The minimum absolute atomic E-state index is 0.129. The lowest BCUT2D eigenvalue weighted by Gasteiger charge is -2.15. The van der Waals surface area contributed by atoms with Gasteiger partial charge in [0.15, 0.2) is 0 Å². The second-order valence-corrected chi connectivity index (χ2v) is 3.52. The average molecular weight is 260 g/mol. The third-order valence-electron chi connectivity index (χ3n) is 1.96. The van der Waals surface area contributed by atoms with Gasteiger partial charge in [-0.1, -0.05) is 13.8 Å². The van der Waals surface area contributed by atoms with Crippen LogP contribution in [0.5, 0.6) is 0 Å². The molecule has 0 bridgehead atoms. The van der Waals surface area contributed by atoms with Crippen LogP contribution in [0.3, 0.4) is 0 Å². The number of rotatable bonds is 8. The standard InChI is InChI=1S/C11H22N6O/c1-5-7-12-9-14-10(13-8-6-2)16-11(15-9)17(3)18-4/h5-8H2,1-4H3,(H2,12,13,14,15,16)/i3D3,4D3. The number of nitrogens with zero attached hydrogens (tertiary/aromatic N) is 4. The van der Waals surface area contributed by atoms with Gasteiger partial charge in [0.05, 0.1) is 11.2 Å². The summed E-state index contributed by atoms with van der Waals surface area (Å²) in [6.45, 7) is 2.10. The van der Waals surface area contributed by atoms with E-state index in [0.29, 0.717) is 13.1 Å². The van der Waals surface area contributed by atoms with Crippen molar-refractivity contribution in [2.75, 3.05) is 42.8 Å². The molecular weight excluding hydrogens is 232 g/mol. The molecule has 0 aliphatic rings. The molecule has 102 valence electrons. The number of hydroxylamine groups is 1. The van der Waals surface area contributed by atoms with Gasteiger partial charge in [-0.2, -0.15) is 15.0 Å². The fourth-order valence-corrected chi connectivity index (χ4v) is 1.13. The second kappa shape index (κ2) is 7.65. The van der Waals surface area contributed by atoms with Crippen LogP contribution in [-0.2, 0) is 4.84 Å². The van der Waals surface area contributed by atoms with Crippen LogP contribution in [0, 0.1) is 0 Å². The molecular formula is C11H22N6O. The van der Waals surface area contributed by atoms with Crippen molar-refractivity contribution in [3.63, 3.8) is 0 Å². The predicted molar refractivity (Wildman–Crippen MR) is 72.8 cm³/mol. The molecule has 18 heavy (non-hydrogen) atoms. The molecule has 1 aromatic rings. The molecule has 0 amide bonds. The summed E-state index contributed by atoms with van der Waals surface area (Å²) in [5.41, 5.74) is 0. The highest BCUT2D eigenvalue weighted by molar-refractivity contribution is 5.42. The van der Waals surface area contributed by atoms with E-state index in [1.54, 1.807) is 0 Å². The molecule has 1 aromatic heterocycles. The minimum Gasteiger partial charge on any atom is -0.354 e. The van der Waals surface area contributed by atoms with Crippen LogP contribution in [0.4, 0.5) is 17.8 Å². The Kier molecular flexibility index (Phi) is 3.28. The van der Waals surface area contributed by atoms with Crippen LogP contribution in [0.2, 0.25) is 0 Å². The number of hydrogen-bond acceptors (Lipinski definition) is 7. The largest absolute Gasteiger partial charge is 0.354 e. The first-order chi connectivity index (χ1) is 11.1. The first-order valence-electron chi connectivity index (χ1n) is 8.80. The highest BCUT2D eigenvalue weighted by Gasteiger charge is 2.09. The summed E-state index contributed by atoms with van der Waals surface area (Å²) < 4.78 is 43.8. The number of anilines is 3. The fraction of sp³-hybridized carbons (Fsp3) is 0.727. The van der Waals surface area contributed by atoms with E-state index in [0.717, 1.165) is 12.8 Å². The van der Waals surface area contributed by atoms with Gasteiger partial charge in [-0.05, 0) is 12.8 Å². The smallest absolute Gasteiger partial charge is 0.256 e. The van der Waals surface area contributed by atoms with Gasteiger partial charge in [0, 0.05) is 24.2 Å². The zero-order chi connectivity index (χ0) is 18.4. The average Bonchev–Trinajstić information content (AvgIpc) is 2.46. The molecule has 0 aliphatic heterocycles. The Balaban J connectivity index is 3.23. The topological polar surface area (TPSA) is 75.2 Å². The molecule has 0 aliphatic carbocycles. The number of aromatic nitrogens is 3. The molecule has 7 heteroatoms. The van der Waals surface area contributed by atoms with Crippen molar-refractivity contribution >= 4 is 17.8 Å². The molecule has 0 spiro atoms. The summed E-state index contributed by atoms with van der Waals surface area (Å²) in [6.07, 6.45) is 1.60. The molecule has 0 aromatic carbocycles. The molecule has 1 rings (SSSR count). The van der Waals surface area contributed by atoms with E-state index in [1.807, 2.05) is 13.8 Å². The van der Waals surface area contributed by atoms with Gasteiger partial charge in [0.1, 0.15) is 0 Å². The molecule has 7 nitrogen and oxygen atoms in total. The highest BCUT2D eigenvalue weighted by atomic mass is 16.7. The summed E-state index contributed by atoms with van der Waals surface area (Å²) in [4.78, 5) is 16.6. The number of hydrogen-bond donors (Lipinski definition) is 2. The Morgan fingerprint density at radius 3 is 2.17 bits per heavy atom. The van der Waals surface area contributed by atoms with Crippen molar-refractivity contribution in [3.8, 4) is 0 Å². The van der Waals surface area contributed by atoms with E-state index >= 15 is 0 Å². The lowest BCUT2D eigenvalue weighted by atomic mass is 10.5. The first kappa shape index (κ1) is 7.73. The van der Waals surface area contributed by atoms with E-state index < -0.39 is 20.0 Å². The Labute approximate surface area is 116 Å². The Morgan fingerprint density at radius 1 is 1.11 bits per heavy atom. The number of nitrogens with one attached hydrogen (secondary N) is 2. The Bertz CT molecular complexity index is 496. The third-order valence-corrected chi connectivity index (χ3v) is 1.96. The molecule has 0 fully saturated rings. The van der Waals surface area contributed by atoms with E-state index in [9.17, 15) is 0 Å². The maximum atomic E-state index is 7.47. The summed E-state index contributed by atoms with van der Waals surface area (Å²) in [7, 11) is -2.96. The maximum Gasteiger partial charge on any atom is 0.256 e. The molecule has 0 atom stereocenters. The highest BCUT2D eigenvalue weighted by Crippen LogP contribution is 2.12. The van der Waals surface area contributed by atoms with Crippen LogP contribution in [0.15, 0.2) is 0 Å². The third kappa shape index (κ3) is 4.33. The van der Waals surface area contributed by atoms with Crippen molar-refractivity contribution in [1.29, 1.82) is 0 Å². The van der Waals surface area contributed by atoms with Crippen LogP contribution < -0.4 is 15.7 Å². The fourth-order valence-electron chi connectivity index (χ4n) is 1.13. The Morgan fingerprint density at radius 2 is 1.72 bits per heavy atom. The Hall–Kier alpha value is -1.63. The van der Waals surface area contributed by atoms with Crippen molar-refractivity contribution in [2.24, 2.45) is 0 Å². The monoisotopic (exact) mass is 260 g/mol. The lowest BCUT2D eigenvalue weighted by Crippen LogP contribution is -2.20. The van der Waals surface area contributed by atoms with E-state index in [1.165, 1.54) is 0 Å². The van der Waals surface area contributed by atoms with Crippen molar-refractivity contribution in [2.45, 2.75) is 26.7 Å². The van der Waals surface area contributed by atoms with Gasteiger partial charge in [-0.15, -0.1) is 0 Å². The summed E-state index contributed by atoms with van der Waals surface area (Å²) >= 11 is 0. The van der Waals surface area contributed by atoms with Crippen molar-refractivity contribution in [3.05, 3.63) is 0 Å². The normalized spacial score (nSPS) is 16.6. The summed E-state index contributed by atoms with van der Waals surface area (Å²) in [5, 5.41) is 6.03. The van der Waals surface area contributed by atoms with E-state index in [-0.39, 0.29) is 17.0 Å². The SMILES string of the molecule is [2H]C([2H])([2H])ON(c1nc(NCCC)nc(NCCC)n1)C([2H])([2H])[2H]. The molecule has 0 saturated heterocycles. The predicted octanol–water partition coefficient (Wildman–Crippen LogP) is 1.51. The van der Waals surface area contributed by atoms with Crippen LogP contribution in [0.25, 0.3) is 0 Å². The van der Waals surface area contributed by atoms with E-state index in [4.69, 9.17) is 8.22 Å². The molecule has 1 heterocycles. The molecule has 0 saturated carbocycles. The molecule has 2 N–H and O–H groups in total. The van der Waals surface area contributed by atoms with Crippen LogP contribution in [0.1, 0.15) is 34.9 Å².